The van der Waals surface area contributed by atoms with Crippen molar-refractivity contribution in [1.82, 2.24) is 20.2 Å². The molecule has 0 fully saturated rings. The van der Waals surface area contributed by atoms with Gasteiger partial charge < -0.3 is 9.84 Å². The largest absolute Gasteiger partial charge is 0.491 e. The molecule has 0 unspecified atom stereocenters. The molecule has 0 aliphatic heterocycles. The molecule has 0 spiro atoms. The zero-order valence-electron chi connectivity index (χ0n) is 12.2. The molecule has 3 rings (SSSR count). The standard InChI is InChI=1S/C16H15FN4O2/c17-13-6-8-15(9-7-13)23-11-14(22)10-21-19-16(18-20-21)12-4-2-1-3-5-12/h1-9,14,22H,10-11H2/t14-/m0/s1. The van der Waals surface area contributed by atoms with E-state index in [9.17, 15) is 9.50 Å². The molecule has 0 bridgehead atoms. The van der Waals surface area contributed by atoms with Crippen LogP contribution in [0.5, 0.6) is 5.75 Å². The number of halogens is 1. The van der Waals surface area contributed by atoms with Crippen LogP contribution in [0.4, 0.5) is 4.39 Å². The second-order valence-corrected chi connectivity index (χ2v) is 4.95. The van der Waals surface area contributed by atoms with Crippen molar-refractivity contribution in [1.29, 1.82) is 0 Å². The smallest absolute Gasteiger partial charge is 0.204 e. The fourth-order valence-electron chi connectivity index (χ4n) is 1.99. The van der Waals surface area contributed by atoms with Gasteiger partial charge in [0.2, 0.25) is 5.82 Å². The molecule has 118 valence electrons. The highest BCUT2D eigenvalue weighted by molar-refractivity contribution is 5.52. The van der Waals surface area contributed by atoms with Gasteiger partial charge in [-0.15, -0.1) is 10.2 Å². The summed E-state index contributed by atoms with van der Waals surface area (Å²) in [5.41, 5.74) is 0.857. The minimum Gasteiger partial charge on any atom is -0.491 e. The molecule has 7 heteroatoms. The summed E-state index contributed by atoms with van der Waals surface area (Å²) in [7, 11) is 0. The van der Waals surface area contributed by atoms with Crippen LogP contribution in [-0.4, -0.2) is 38.0 Å². The van der Waals surface area contributed by atoms with E-state index in [0.717, 1.165) is 5.56 Å². The Bertz CT molecular complexity index is 746. The van der Waals surface area contributed by atoms with Gasteiger partial charge in [-0.25, -0.2) is 4.39 Å². The Balaban J connectivity index is 1.55. The third-order valence-electron chi connectivity index (χ3n) is 3.11. The molecule has 1 atom stereocenters. The SMILES string of the molecule is O[C@H](COc1ccc(F)cc1)Cn1nnc(-c2ccccc2)n1. The fraction of sp³-hybridized carbons (Fsp3) is 0.188. The Morgan fingerprint density at radius 2 is 1.83 bits per heavy atom. The van der Waals surface area contributed by atoms with E-state index in [4.69, 9.17) is 4.74 Å². The van der Waals surface area contributed by atoms with Crippen LogP contribution in [0.1, 0.15) is 0 Å². The number of rotatable bonds is 6. The van der Waals surface area contributed by atoms with Crippen LogP contribution < -0.4 is 4.74 Å². The van der Waals surface area contributed by atoms with Crippen LogP contribution in [0.3, 0.4) is 0 Å². The number of tetrazole rings is 1. The van der Waals surface area contributed by atoms with Crippen molar-refractivity contribution in [3.8, 4) is 17.1 Å². The highest BCUT2D eigenvalue weighted by Gasteiger charge is 2.11. The van der Waals surface area contributed by atoms with Gasteiger partial charge in [0, 0.05) is 5.56 Å². The number of hydrogen-bond donors (Lipinski definition) is 1. The average molecular weight is 314 g/mol. The van der Waals surface area contributed by atoms with E-state index in [0.29, 0.717) is 11.6 Å². The molecule has 1 aromatic heterocycles. The van der Waals surface area contributed by atoms with Crippen LogP contribution >= 0.6 is 0 Å². The van der Waals surface area contributed by atoms with E-state index in [-0.39, 0.29) is 19.0 Å². The van der Waals surface area contributed by atoms with Crippen molar-refractivity contribution in [3.05, 3.63) is 60.4 Å². The lowest BCUT2D eigenvalue weighted by molar-refractivity contribution is 0.0849. The summed E-state index contributed by atoms with van der Waals surface area (Å²) >= 11 is 0. The topological polar surface area (TPSA) is 73.1 Å². The summed E-state index contributed by atoms with van der Waals surface area (Å²) in [5.74, 6) is 0.650. The van der Waals surface area contributed by atoms with Crippen molar-refractivity contribution in [3.63, 3.8) is 0 Å². The van der Waals surface area contributed by atoms with Crippen molar-refractivity contribution in [2.45, 2.75) is 12.6 Å². The van der Waals surface area contributed by atoms with Crippen molar-refractivity contribution >= 4 is 0 Å². The van der Waals surface area contributed by atoms with E-state index in [1.54, 1.807) is 0 Å². The maximum absolute atomic E-state index is 12.8. The normalized spacial score (nSPS) is 12.1. The van der Waals surface area contributed by atoms with E-state index in [1.807, 2.05) is 30.3 Å². The van der Waals surface area contributed by atoms with Gasteiger partial charge in [-0.2, -0.15) is 4.80 Å². The van der Waals surface area contributed by atoms with Crippen LogP contribution in [0.2, 0.25) is 0 Å². The molecule has 0 saturated carbocycles. The summed E-state index contributed by atoms with van der Waals surface area (Å²) in [6.07, 6.45) is -0.808. The Morgan fingerprint density at radius 1 is 1.09 bits per heavy atom. The van der Waals surface area contributed by atoms with Gasteiger partial charge in [-0.1, -0.05) is 30.3 Å². The summed E-state index contributed by atoms with van der Waals surface area (Å²) in [6, 6.07) is 15.1. The van der Waals surface area contributed by atoms with Crippen LogP contribution in [0.15, 0.2) is 54.6 Å². The van der Waals surface area contributed by atoms with Crippen molar-refractivity contribution < 1.29 is 14.2 Å². The second kappa shape index (κ2) is 6.97. The average Bonchev–Trinajstić information content (AvgIpc) is 3.04. The third kappa shape index (κ3) is 4.10. The van der Waals surface area contributed by atoms with Gasteiger partial charge in [0.15, 0.2) is 0 Å². The quantitative estimate of drug-likeness (QED) is 0.752. The van der Waals surface area contributed by atoms with Crippen LogP contribution in [0, 0.1) is 5.82 Å². The second-order valence-electron chi connectivity index (χ2n) is 4.95. The van der Waals surface area contributed by atoms with Crippen LogP contribution in [-0.2, 0) is 6.54 Å². The first kappa shape index (κ1) is 15.1. The number of hydrogen-bond acceptors (Lipinski definition) is 5. The molecule has 0 aliphatic rings. The Kier molecular flexibility index (Phi) is 4.58. The molecule has 6 nitrogen and oxygen atoms in total. The molecule has 0 amide bonds. The minimum atomic E-state index is -0.808. The highest BCUT2D eigenvalue weighted by atomic mass is 19.1. The molecular weight excluding hydrogens is 299 g/mol. The highest BCUT2D eigenvalue weighted by Crippen LogP contribution is 2.13. The van der Waals surface area contributed by atoms with Gasteiger partial charge in [-0.3, -0.25) is 0 Å². The first-order valence-corrected chi connectivity index (χ1v) is 7.10. The molecule has 0 radical (unpaired) electrons. The van der Waals surface area contributed by atoms with Gasteiger partial charge in [0.1, 0.15) is 24.3 Å². The molecule has 23 heavy (non-hydrogen) atoms. The van der Waals surface area contributed by atoms with E-state index in [2.05, 4.69) is 15.4 Å². The van der Waals surface area contributed by atoms with Gasteiger partial charge in [0.25, 0.3) is 0 Å². The van der Waals surface area contributed by atoms with Crippen molar-refractivity contribution in [2.75, 3.05) is 6.61 Å². The molecule has 1 heterocycles. The lowest BCUT2D eigenvalue weighted by Crippen LogP contribution is -2.24. The zero-order valence-corrected chi connectivity index (χ0v) is 12.2. The maximum atomic E-state index is 12.8. The molecular formula is C16H15FN4O2. The number of aliphatic hydroxyl groups excluding tert-OH is 1. The first-order chi connectivity index (χ1) is 11.2. The number of aliphatic hydroxyl groups is 1. The molecule has 3 aromatic rings. The van der Waals surface area contributed by atoms with E-state index in [1.165, 1.54) is 29.1 Å². The summed E-state index contributed by atoms with van der Waals surface area (Å²) in [6.45, 7) is 0.203. The van der Waals surface area contributed by atoms with Crippen molar-refractivity contribution in [2.24, 2.45) is 0 Å². The number of ether oxygens (including phenoxy) is 1. The summed E-state index contributed by atoms with van der Waals surface area (Å²) < 4.78 is 18.2. The Morgan fingerprint density at radius 3 is 2.57 bits per heavy atom. The van der Waals surface area contributed by atoms with Gasteiger partial charge in [-0.05, 0) is 29.5 Å². The number of nitrogens with zero attached hydrogens (tertiary/aromatic N) is 4. The lowest BCUT2D eigenvalue weighted by atomic mass is 10.2. The molecule has 2 aromatic carbocycles. The van der Waals surface area contributed by atoms with E-state index >= 15 is 0 Å². The molecule has 0 aliphatic carbocycles. The lowest BCUT2D eigenvalue weighted by Gasteiger charge is -2.11. The predicted molar refractivity (Wildman–Crippen MR) is 81.2 cm³/mol. The molecule has 0 saturated heterocycles. The monoisotopic (exact) mass is 314 g/mol. The Hall–Kier alpha value is -2.80. The molecule has 1 N–H and O–H groups in total. The zero-order chi connectivity index (χ0) is 16.1. The fourth-order valence-corrected chi connectivity index (χ4v) is 1.99. The third-order valence-corrected chi connectivity index (χ3v) is 3.11. The summed E-state index contributed by atoms with van der Waals surface area (Å²) in [4.78, 5) is 1.32. The van der Waals surface area contributed by atoms with Gasteiger partial charge in [0.05, 0.1) is 6.54 Å². The number of aromatic nitrogens is 4. The first-order valence-electron chi connectivity index (χ1n) is 7.10. The minimum absolute atomic E-state index is 0.0494. The van der Waals surface area contributed by atoms with E-state index < -0.39 is 6.10 Å². The summed E-state index contributed by atoms with van der Waals surface area (Å²) in [5, 5.41) is 22.1. The Labute approximate surface area is 132 Å². The van der Waals surface area contributed by atoms with Crippen LogP contribution in [0.25, 0.3) is 11.4 Å². The predicted octanol–water partition coefficient (Wildman–Crippen LogP) is 1.92. The maximum Gasteiger partial charge on any atom is 0.204 e. The number of benzene rings is 2. The van der Waals surface area contributed by atoms with Gasteiger partial charge >= 0.3 is 0 Å².